The van der Waals surface area contributed by atoms with Crippen LogP contribution in [0.25, 0.3) is 0 Å². The Morgan fingerprint density at radius 2 is 2.00 bits per heavy atom. The number of aryl methyl sites for hydroxylation is 2. The van der Waals surface area contributed by atoms with Gasteiger partial charge >= 0.3 is 0 Å². The highest BCUT2D eigenvalue weighted by molar-refractivity contribution is 7.17. The van der Waals surface area contributed by atoms with Crippen LogP contribution in [0, 0.1) is 6.92 Å². The second-order valence-electron chi connectivity index (χ2n) is 5.76. The molecule has 0 saturated carbocycles. The minimum absolute atomic E-state index is 0.193. The fourth-order valence-electron chi connectivity index (χ4n) is 2.91. The van der Waals surface area contributed by atoms with Crippen LogP contribution in [0.5, 0.6) is 0 Å². The number of nitrogens with zero attached hydrogens (tertiary/aromatic N) is 1. The van der Waals surface area contributed by atoms with E-state index in [0.29, 0.717) is 16.3 Å². The molecular weight excluding hydrogens is 314 g/mol. The molecule has 2 aromatic heterocycles. The summed E-state index contributed by atoms with van der Waals surface area (Å²) in [6.07, 6.45) is 6.26. The predicted octanol–water partition coefficient (Wildman–Crippen LogP) is 3.05. The van der Waals surface area contributed by atoms with Crippen molar-refractivity contribution in [1.29, 1.82) is 0 Å². The number of carbonyl (C=O) groups is 2. The van der Waals surface area contributed by atoms with Gasteiger partial charge < -0.3 is 15.6 Å². The third-order valence-electron chi connectivity index (χ3n) is 4.01. The Kier molecular flexibility index (Phi) is 4.47. The molecule has 2 aromatic rings. The van der Waals surface area contributed by atoms with Gasteiger partial charge in [0, 0.05) is 10.9 Å². The van der Waals surface area contributed by atoms with Crippen LogP contribution in [0.4, 0.5) is 5.00 Å². The van der Waals surface area contributed by atoms with Gasteiger partial charge in [-0.25, -0.2) is 0 Å². The number of rotatable bonds is 3. The predicted molar refractivity (Wildman–Crippen MR) is 87.9 cm³/mol. The molecule has 1 aliphatic rings. The normalized spacial score (nSPS) is 14.7. The SMILES string of the molecule is Cc1cc(C(=O)Nc2sc3c(c2C(N)=O)CCCCCC3)no1. The number of amides is 2. The number of nitrogens with two attached hydrogens (primary N) is 1. The number of thiophene rings is 1. The largest absolute Gasteiger partial charge is 0.365 e. The molecule has 1 aliphatic carbocycles. The first-order valence-corrected chi connectivity index (χ1v) is 8.57. The van der Waals surface area contributed by atoms with Crippen molar-refractivity contribution in [2.45, 2.75) is 45.4 Å². The Balaban J connectivity index is 1.93. The number of carbonyl (C=O) groups excluding carboxylic acids is 2. The van der Waals surface area contributed by atoms with Crippen LogP contribution in [0.1, 0.15) is 62.7 Å². The van der Waals surface area contributed by atoms with Gasteiger partial charge in [0.15, 0.2) is 5.69 Å². The van der Waals surface area contributed by atoms with Crippen molar-refractivity contribution in [2.24, 2.45) is 5.73 Å². The number of fused-ring (bicyclic) bond motifs is 1. The van der Waals surface area contributed by atoms with E-state index in [1.165, 1.54) is 17.8 Å². The topological polar surface area (TPSA) is 98.2 Å². The number of nitrogens with one attached hydrogen (secondary N) is 1. The smallest absolute Gasteiger partial charge is 0.278 e. The monoisotopic (exact) mass is 333 g/mol. The fourth-order valence-corrected chi connectivity index (χ4v) is 4.20. The molecule has 2 heterocycles. The van der Waals surface area contributed by atoms with Gasteiger partial charge in [-0.2, -0.15) is 0 Å². The average Bonchev–Trinajstić information content (AvgIpc) is 3.03. The van der Waals surface area contributed by atoms with Crippen molar-refractivity contribution in [3.8, 4) is 0 Å². The van der Waals surface area contributed by atoms with E-state index in [2.05, 4.69) is 10.5 Å². The van der Waals surface area contributed by atoms with E-state index in [1.54, 1.807) is 13.0 Å². The summed E-state index contributed by atoms with van der Waals surface area (Å²) in [4.78, 5) is 25.3. The maximum Gasteiger partial charge on any atom is 0.278 e. The van der Waals surface area contributed by atoms with Gasteiger partial charge in [0.25, 0.3) is 11.8 Å². The molecule has 0 radical (unpaired) electrons. The Morgan fingerprint density at radius 3 is 2.65 bits per heavy atom. The molecule has 0 aliphatic heterocycles. The van der Waals surface area contributed by atoms with E-state index in [9.17, 15) is 9.59 Å². The molecular formula is C16H19N3O3S. The van der Waals surface area contributed by atoms with Crippen LogP contribution >= 0.6 is 11.3 Å². The van der Waals surface area contributed by atoms with Crippen molar-refractivity contribution in [3.05, 3.63) is 33.5 Å². The van der Waals surface area contributed by atoms with E-state index in [4.69, 9.17) is 10.3 Å². The van der Waals surface area contributed by atoms with E-state index >= 15 is 0 Å². The van der Waals surface area contributed by atoms with Crippen LogP contribution in [0.15, 0.2) is 10.6 Å². The maximum atomic E-state index is 12.3. The molecule has 3 N–H and O–H groups in total. The zero-order valence-corrected chi connectivity index (χ0v) is 13.8. The molecule has 0 unspecified atom stereocenters. The Hall–Kier alpha value is -2.15. The molecule has 7 heteroatoms. The zero-order valence-electron chi connectivity index (χ0n) is 13.0. The van der Waals surface area contributed by atoms with Crippen molar-refractivity contribution in [3.63, 3.8) is 0 Å². The summed E-state index contributed by atoms with van der Waals surface area (Å²) in [6, 6.07) is 1.56. The van der Waals surface area contributed by atoms with Gasteiger partial charge in [-0.05, 0) is 38.2 Å². The minimum Gasteiger partial charge on any atom is -0.365 e. The average molecular weight is 333 g/mol. The molecule has 6 nitrogen and oxygen atoms in total. The Bertz CT molecular complexity index is 748. The van der Waals surface area contributed by atoms with Gasteiger partial charge in [-0.1, -0.05) is 18.0 Å². The summed E-state index contributed by atoms with van der Waals surface area (Å²) in [5, 5.41) is 7.00. The van der Waals surface area contributed by atoms with E-state index in [0.717, 1.165) is 42.5 Å². The fraction of sp³-hybridized carbons (Fsp3) is 0.438. The molecule has 23 heavy (non-hydrogen) atoms. The van der Waals surface area contributed by atoms with E-state index in [1.807, 2.05) is 0 Å². The molecule has 0 saturated heterocycles. The second-order valence-corrected chi connectivity index (χ2v) is 6.87. The Morgan fingerprint density at radius 1 is 1.26 bits per heavy atom. The molecule has 0 bridgehead atoms. The van der Waals surface area contributed by atoms with Crippen molar-refractivity contribution < 1.29 is 14.1 Å². The van der Waals surface area contributed by atoms with Gasteiger partial charge in [0.2, 0.25) is 0 Å². The third-order valence-corrected chi connectivity index (χ3v) is 5.21. The van der Waals surface area contributed by atoms with Crippen molar-refractivity contribution >= 4 is 28.2 Å². The van der Waals surface area contributed by atoms with Gasteiger partial charge in [0.1, 0.15) is 10.8 Å². The molecule has 0 spiro atoms. The maximum absolute atomic E-state index is 12.3. The van der Waals surface area contributed by atoms with Crippen LogP contribution < -0.4 is 11.1 Å². The summed E-state index contributed by atoms with van der Waals surface area (Å²) in [7, 11) is 0. The van der Waals surface area contributed by atoms with Crippen LogP contribution in [0.3, 0.4) is 0 Å². The van der Waals surface area contributed by atoms with Crippen molar-refractivity contribution in [1.82, 2.24) is 5.16 Å². The zero-order chi connectivity index (χ0) is 16.4. The molecule has 2 amide bonds. The number of hydrogen-bond acceptors (Lipinski definition) is 5. The molecule has 0 atom stereocenters. The lowest BCUT2D eigenvalue weighted by Crippen LogP contribution is -2.18. The highest BCUT2D eigenvalue weighted by atomic mass is 32.1. The quantitative estimate of drug-likeness (QED) is 0.902. The van der Waals surface area contributed by atoms with Crippen molar-refractivity contribution in [2.75, 3.05) is 5.32 Å². The minimum atomic E-state index is -0.491. The molecule has 3 rings (SSSR count). The first kappa shape index (κ1) is 15.7. The summed E-state index contributed by atoms with van der Waals surface area (Å²) in [5.74, 6) is -0.322. The standard InChI is InChI=1S/C16H19N3O3S/c1-9-8-11(19-22-9)15(21)18-16-13(14(17)20)10-6-4-2-3-5-7-12(10)23-16/h8H,2-7H2,1H3,(H2,17,20)(H,18,21). The molecule has 0 aromatic carbocycles. The van der Waals surface area contributed by atoms with E-state index in [-0.39, 0.29) is 5.69 Å². The summed E-state index contributed by atoms with van der Waals surface area (Å²) >= 11 is 1.45. The van der Waals surface area contributed by atoms with Gasteiger partial charge in [0.05, 0.1) is 5.56 Å². The van der Waals surface area contributed by atoms with Gasteiger partial charge in [-0.15, -0.1) is 11.3 Å². The summed E-state index contributed by atoms with van der Waals surface area (Å²) in [5.41, 5.74) is 7.23. The van der Waals surface area contributed by atoms with Gasteiger partial charge in [-0.3, -0.25) is 9.59 Å². The number of anilines is 1. The summed E-state index contributed by atoms with van der Waals surface area (Å²) in [6.45, 7) is 1.72. The summed E-state index contributed by atoms with van der Waals surface area (Å²) < 4.78 is 4.92. The first-order valence-electron chi connectivity index (χ1n) is 7.75. The highest BCUT2D eigenvalue weighted by Crippen LogP contribution is 2.37. The molecule has 122 valence electrons. The third kappa shape index (κ3) is 3.29. The number of aromatic nitrogens is 1. The molecule has 0 fully saturated rings. The number of hydrogen-bond donors (Lipinski definition) is 2. The lowest BCUT2D eigenvalue weighted by molar-refractivity contribution is 0.100. The second kappa shape index (κ2) is 6.54. The van der Waals surface area contributed by atoms with Crippen LogP contribution in [-0.2, 0) is 12.8 Å². The van der Waals surface area contributed by atoms with E-state index < -0.39 is 11.8 Å². The first-order chi connectivity index (χ1) is 11.1. The number of primary amides is 1. The lowest BCUT2D eigenvalue weighted by atomic mass is 9.96. The van der Waals surface area contributed by atoms with Crippen LogP contribution in [-0.4, -0.2) is 17.0 Å². The highest BCUT2D eigenvalue weighted by Gasteiger charge is 2.24. The van der Waals surface area contributed by atoms with Crippen LogP contribution in [0.2, 0.25) is 0 Å². The Labute approximate surface area is 138 Å². The lowest BCUT2D eigenvalue weighted by Gasteiger charge is -2.10.